The molecule has 86 valence electrons. The zero-order valence-corrected chi connectivity index (χ0v) is 9.45. The zero-order chi connectivity index (χ0) is 11.8. The minimum Gasteiger partial charge on any atom is -0.480 e. The van der Waals surface area contributed by atoms with E-state index in [9.17, 15) is 4.79 Å². The van der Waals surface area contributed by atoms with Gasteiger partial charge in [0.15, 0.2) is 0 Å². The quantitative estimate of drug-likeness (QED) is 0.803. The summed E-state index contributed by atoms with van der Waals surface area (Å²) in [7, 11) is 0. The molecule has 0 atom stereocenters. The Morgan fingerprint density at radius 3 is 2.88 bits per heavy atom. The van der Waals surface area contributed by atoms with Crippen molar-refractivity contribution in [1.82, 2.24) is 9.97 Å². The Kier molecular flexibility index (Phi) is 2.53. The van der Waals surface area contributed by atoms with E-state index in [-0.39, 0.29) is 0 Å². The Hall–Kier alpha value is -1.65. The Bertz CT molecular complexity index is 429. The van der Waals surface area contributed by atoms with Crippen molar-refractivity contribution in [2.75, 3.05) is 5.32 Å². The van der Waals surface area contributed by atoms with Gasteiger partial charge in [0, 0.05) is 11.3 Å². The predicted octanol–water partition coefficient (Wildman–Crippen LogP) is 1.24. The van der Waals surface area contributed by atoms with E-state index in [1.807, 2.05) is 0 Å². The maximum Gasteiger partial charge on any atom is 0.328 e. The lowest BCUT2D eigenvalue weighted by atomic mass is 10.1. The monoisotopic (exact) mass is 221 g/mol. The molecule has 5 heteroatoms. The number of carboxylic acids is 1. The van der Waals surface area contributed by atoms with Crippen LogP contribution in [0.4, 0.5) is 5.82 Å². The molecular formula is C11H15N3O2. The molecule has 16 heavy (non-hydrogen) atoms. The third-order valence-electron chi connectivity index (χ3n) is 2.84. The Balaban J connectivity index is 2.29. The molecule has 1 aliphatic rings. The molecule has 0 radical (unpaired) electrons. The lowest BCUT2D eigenvalue weighted by molar-refractivity contribution is -0.141. The molecule has 1 aromatic heterocycles. The van der Waals surface area contributed by atoms with Crippen molar-refractivity contribution in [1.29, 1.82) is 0 Å². The van der Waals surface area contributed by atoms with Crippen molar-refractivity contribution in [2.24, 2.45) is 0 Å². The molecule has 0 aromatic carbocycles. The summed E-state index contributed by atoms with van der Waals surface area (Å²) in [6.45, 7) is 3.25. The summed E-state index contributed by atoms with van der Waals surface area (Å²) < 4.78 is 0. The third-order valence-corrected chi connectivity index (χ3v) is 2.84. The first-order valence-electron chi connectivity index (χ1n) is 5.35. The fourth-order valence-electron chi connectivity index (χ4n) is 1.82. The van der Waals surface area contributed by atoms with Crippen LogP contribution >= 0.6 is 0 Å². The van der Waals surface area contributed by atoms with Crippen LogP contribution in [-0.2, 0) is 17.6 Å². The topological polar surface area (TPSA) is 75.1 Å². The second-order valence-corrected chi connectivity index (χ2v) is 4.56. The van der Waals surface area contributed by atoms with Gasteiger partial charge in [-0.05, 0) is 33.1 Å². The summed E-state index contributed by atoms with van der Waals surface area (Å²) in [4.78, 5) is 19.3. The van der Waals surface area contributed by atoms with E-state index in [1.165, 1.54) is 6.33 Å². The molecule has 0 spiro atoms. The molecule has 0 saturated carbocycles. The van der Waals surface area contributed by atoms with Gasteiger partial charge in [-0.1, -0.05) is 0 Å². The second-order valence-electron chi connectivity index (χ2n) is 4.56. The number of anilines is 1. The number of aryl methyl sites for hydroxylation is 1. The third kappa shape index (κ3) is 1.85. The van der Waals surface area contributed by atoms with Crippen LogP contribution in [0.25, 0.3) is 0 Å². The zero-order valence-electron chi connectivity index (χ0n) is 9.45. The van der Waals surface area contributed by atoms with Crippen molar-refractivity contribution < 1.29 is 9.90 Å². The number of aromatic nitrogens is 2. The highest BCUT2D eigenvalue weighted by molar-refractivity contribution is 5.81. The number of hydrogen-bond acceptors (Lipinski definition) is 4. The highest BCUT2D eigenvalue weighted by Gasteiger charge is 2.29. The lowest BCUT2D eigenvalue weighted by Gasteiger charge is -2.22. The summed E-state index contributed by atoms with van der Waals surface area (Å²) in [6.07, 6.45) is 4.44. The summed E-state index contributed by atoms with van der Waals surface area (Å²) in [6, 6.07) is 0. The molecule has 0 bridgehead atoms. The number of nitrogens with zero attached hydrogens (tertiary/aromatic N) is 2. The molecular weight excluding hydrogens is 206 g/mol. The van der Waals surface area contributed by atoms with Gasteiger partial charge in [-0.25, -0.2) is 14.8 Å². The van der Waals surface area contributed by atoms with E-state index in [2.05, 4.69) is 15.3 Å². The van der Waals surface area contributed by atoms with E-state index < -0.39 is 11.5 Å². The maximum atomic E-state index is 11.0. The van der Waals surface area contributed by atoms with Crippen molar-refractivity contribution in [2.45, 2.75) is 38.6 Å². The average Bonchev–Trinajstić information content (AvgIpc) is 2.65. The van der Waals surface area contributed by atoms with Crippen LogP contribution in [-0.4, -0.2) is 26.6 Å². The normalized spacial score (nSPS) is 14.6. The van der Waals surface area contributed by atoms with Crippen LogP contribution < -0.4 is 5.32 Å². The molecule has 2 N–H and O–H groups in total. The van der Waals surface area contributed by atoms with Crippen molar-refractivity contribution in [3.8, 4) is 0 Å². The first kappa shape index (κ1) is 10.9. The van der Waals surface area contributed by atoms with Crippen LogP contribution in [0.5, 0.6) is 0 Å². The molecule has 0 fully saturated rings. The number of carboxylic acid groups (broad SMARTS) is 1. The van der Waals surface area contributed by atoms with Gasteiger partial charge < -0.3 is 10.4 Å². The number of hydrogen-bond donors (Lipinski definition) is 2. The first-order valence-corrected chi connectivity index (χ1v) is 5.35. The number of fused-ring (bicyclic) bond motifs is 1. The van der Waals surface area contributed by atoms with Gasteiger partial charge in [-0.15, -0.1) is 0 Å². The standard InChI is InChI=1S/C11H15N3O2/c1-11(2,10(15)16)14-9-7-4-3-5-8(7)12-6-13-9/h6H,3-5H2,1-2H3,(H,15,16)(H,12,13,14). The van der Waals surface area contributed by atoms with Gasteiger partial charge in [0.1, 0.15) is 17.7 Å². The molecule has 5 nitrogen and oxygen atoms in total. The fraction of sp³-hybridized carbons (Fsp3) is 0.545. The van der Waals surface area contributed by atoms with E-state index in [1.54, 1.807) is 13.8 Å². The Morgan fingerprint density at radius 1 is 1.44 bits per heavy atom. The van der Waals surface area contributed by atoms with Gasteiger partial charge in [0.25, 0.3) is 0 Å². The summed E-state index contributed by atoms with van der Waals surface area (Å²) >= 11 is 0. The summed E-state index contributed by atoms with van der Waals surface area (Å²) in [5, 5.41) is 12.0. The van der Waals surface area contributed by atoms with E-state index in [4.69, 9.17) is 5.11 Å². The molecule has 0 amide bonds. The van der Waals surface area contributed by atoms with Crippen LogP contribution in [0.15, 0.2) is 6.33 Å². The van der Waals surface area contributed by atoms with Gasteiger partial charge in [0.2, 0.25) is 0 Å². The summed E-state index contributed by atoms with van der Waals surface area (Å²) in [5.41, 5.74) is 1.10. The number of rotatable bonds is 3. The van der Waals surface area contributed by atoms with Crippen molar-refractivity contribution in [3.63, 3.8) is 0 Å². The van der Waals surface area contributed by atoms with Crippen LogP contribution in [0.2, 0.25) is 0 Å². The maximum absolute atomic E-state index is 11.0. The molecule has 2 rings (SSSR count). The molecule has 1 aliphatic carbocycles. The first-order chi connectivity index (χ1) is 7.50. The molecule has 0 unspecified atom stereocenters. The van der Waals surface area contributed by atoms with E-state index in [0.717, 1.165) is 30.5 Å². The molecule has 0 saturated heterocycles. The predicted molar refractivity (Wildman–Crippen MR) is 59.4 cm³/mol. The smallest absolute Gasteiger partial charge is 0.328 e. The van der Waals surface area contributed by atoms with E-state index >= 15 is 0 Å². The Morgan fingerprint density at radius 2 is 2.19 bits per heavy atom. The van der Waals surface area contributed by atoms with Crippen molar-refractivity contribution in [3.05, 3.63) is 17.6 Å². The summed E-state index contributed by atoms with van der Waals surface area (Å²) in [5.74, 6) is -0.229. The fourth-order valence-corrected chi connectivity index (χ4v) is 1.82. The van der Waals surface area contributed by atoms with Crippen LogP contribution in [0.3, 0.4) is 0 Å². The average molecular weight is 221 g/mol. The second kappa shape index (κ2) is 3.73. The minimum absolute atomic E-state index is 0.662. The highest BCUT2D eigenvalue weighted by atomic mass is 16.4. The molecule has 1 aromatic rings. The van der Waals surface area contributed by atoms with Gasteiger partial charge in [-0.3, -0.25) is 0 Å². The lowest BCUT2D eigenvalue weighted by Crippen LogP contribution is -2.40. The van der Waals surface area contributed by atoms with Gasteiger partial charge in [0.05, 0.1) is 0 Å². The van der Waals surface area contributed by atoms with E-state index in [0.29, 0.717) is 5.82 Å². The Labute approximate surface area is 93.9 Å². The number of aliphatic carboxylic acids is 1. The van der Waals surface area contributed by atoms with Gasteiger partial charge in [-0.2, -0.15) is 0 Å². The number of nitrogens with one attached hydrogen (secondary N) is 1. The number of carbonyl (C=O) groups is 1. The van der Waals surface area contributed by atoms with Crippen LogP contribution in [0.1, 0.15) is 31.5 Å². The van der Waals surface area contributed by atoms with Crippen LogP contribution in [0, 0.1) is 0 Å². The largest absolute Gasteiger partial charge is 0.480 e. The van der Waals surface area contributed by atoms with Crippen molar-refractivity contribution >= 4 is 11.8 Å². The van der Waals surface area contributed by atoms with Gasteiger partial charge >= 0.3 is 5.97 Å². The minimum atomic E-state index is -1.01. The molecule has 1 heterocycles. The SMILES string of the molecule is CC(C)(Nc1ncnc2c1CCC2)C(=O)O. The molecule has 0 aliphatic heterocycles. The highest BCUT2D eigenvalue weighted by Crippen LogP contribution is 2.26.